The minimum atomic E-state index is -0.480. The molecule has 17 heavy (non-hydrogen) atoms. The van der Waals surface area contributed by atoms with Crippen LogP contribution in [0.3, 0.4) is 0 Å². The van der Waals surface area contributed by atoms with Gasteiger partial charge in [0.05, 0.1) is 0 Å². The average Bonchev–Trinajstić information content (AvgIpc) is 2.39. The van der Waals surface area contributed by atoms with E-state index in [9.17, 15) is 8.78 Å². The Kier molecular flexibility index (Phi) is 4.05. The average molecular weight is 257 g/mol. The molecule has 0 saturated heterocycles. The first-order chi connectivity index (χ1) is 8.11. The minimum absolute atomic E-state index is 0.000556. The van der Waals surface area contributed by atoms with Gasteiger partial charge in [-0.2, -0.15) is 11.8 Å². The van der Waals surface area contributed by atoms with Crippen molar-refractivity contribution in [2.75, 3.05) is 6.54 Å². The van der Waals surface area contributed by atoms with E-state index in [0.717, 1.165) is 24.6 Å². The third kappa shape index (κ3) is 2.80. The van der Waals surface area contributed by atoms with E-state index in [1.807, 2.05) is 6.92 Å². The van der Waals surface area contributed by atoms with Gasteiger partial charge in [0.15, 0.2) is 0 Å². The number of nitrogens with one attached hydrogen (secondary N) is 1. The molecule has 1 aliphatic rings. The lowest BCUT2D eigenvalue weighted by Crippen LogP contribution is -2.24. The molecule has 1 N–H and O–H groups in total. The Balaban J connectivity index is 2.44. The Hall–Kier alpha value is -0.610. The van der Waals surface area contributed by atoms with Crippen molar-refractivity contribution in [1.82, 2.24) is 5.32 Å². The lowest BCUT2D eigenvalue weighted by molar-refractivity contribution is 0.480. The summed E-state index contributed by atoms with van der Waals surface area (Å²) in [6.45, 7) is 4.93. The number of halogens is 2. The van der Waals surface area contributed by atoms with Crippen LogP contribution in [0.25, 0.3) is 0 Å². The zero-order valence-corrected chi connectivity index (χ0v) is 10.9. The van der Waals surface area contributed by atoms with Crippen LogP contribution >= 0.6 is 11.8 Å². The highest BCUT2D eigenvalue weighted by Gasteiger charge is 2.25. The first-order valence-electron chi connectivity index (χ1n) is 5.94. The van der Waals surface area contributed by atoms with Crippen LogP contribution in [0.4, 0.5) is 8.78 Å². The van der Waals surface area contributed by atoms with E-state index in [-0.39, 0.29) is 6.04 Å². The van der Waals surface area contributed by atoms with Crippen LogP contribution in [0.1, 0.15) is 37.4 Å². The molecule has 1 heterocycles. The van der Waals surface area contributed by atoms with Crippen molar-refractivity contribution in [3.63, 3.8) is 0 Å². The molecule has 2 rings (SSSR count). The third-order valence-corrected chi connectivity index (χ3v) is 4.31. The molecular formula is C13H17F2NS. The molecule has 0 radical (unpaired) electrons. The van der Waals surface area contributed by atoms with Crippen molar-refractivity contribution < 1.29 is 8.78 Å². The summed E-state index contributed by atoms with van der Waals surface area (Å²) < 4.78 is 27.2. The van der Waals surface area contributed by atoms with Gasteiger partial charge in [-0.15, -0.1) is 0 Å². The number of fused-ring (bicyclic) bond motifs is 1. The molecule has 1 nitrogen and oxygen atoms in total. The molecular weight excluding hydrogens is 240 g/mol. The van der Waals surface area contributed by atoms with Gasteiger partial charge in [-0.3, -0.25) is 0 Å². The van der Waals surface area contributed by atoms with Crippen LogP contribution in [-0.4, -0.2) is 11.8 Å². The summed E-state index contributed by atoms with van der Waals surface area (Å²) in [4.78, 5) is 0. The van der Waals surface area contributed by atoms with Gasteiger partial charge in [-0.1, -0.05) is 13.8 Å². The second-order valence-corrected chi connectivity index (χ2v) is 5.85. The van der Waals surface area contributed by atoms with Crippen LogP contribution in [0.5, 0.6) is 0 Å². The summed E-state index contributed by atoms with van der Waals surface area (Å²) in [5.41, 5.74) is 1.45. The lowest BCUT2D eigenvalue weighted by Gasteiger charge is -2.20. The zero-order chi connectivity index (χ0) is 12.4. The minimum Gasteiger partial charge on any atom is -0.310 e. The molecule has 2 unspecified atom stereocenters. The normalized spacial score (nSPS) is 24.2. The molecule has 0 amide bonds. The fourth-order valence-corrected chi connectivity index (χ4v) is 3.36. The van der Waals surface area contributed by atoms with Gasteiger partial charge in [0, 0.05) is 28.7 Å². The van der Waals surface area contributed by atoms with Crippen LogP contribution in [0.15, 0.2) is 12.1 Å². The summed E-state index contributed by atoms with van der Waals surface area (Å²) in [6, 6.07) is 2.46. The number of hydrogen-bond donors (Lipinski definition) is 1. The van der Waals surface area contributed by atoms with Gasteiger partial charge in [0.25, 0.3) is 0 Å². The Labute approximate surface area is 105 Å². The maximum atomic E-state index is 13.9. The molecule has 0 bridgehead atoms. The Morgan fingerprint density at radius 3 is 2.88 bits per heavy atom. The highest BCUT2D eigenvalue weighted by atomic mass is 32.2. The summed E-state index contributed by atoms with van der Waals surface area (Å²) in [7, 11) is 0. The van der Waals surface area contributed by atoms with Crippen molar-refractivity contribution in [2.24, 2.45) is 0 Å². The Bertz CT molecular complexity index is 409. The van der Waals surface area contributed by atoms with E-state index >= 15 is 0 Å². The summed E-state index contributed by atoms with van der Waals surface area (Å²) >= 11 is 1.76. The molecule has 1 aromatic carbocycles. The van der Waals surface area contributed by atoms with Crippen molar-refractivity contribution in [1.29, 1.82) is 0 Å². The van der Waals surface area contributed by atoms with E-state index in [0.29, 0.717) is 16.6 Å². The molecule has 1 aliphatic heterocycles. The van der Waals surface area contributed by atoms with Crippen molar-refractivity contribution in [2.45, 2.75) is 37.3 Å². The van der Waals surface area contributed by atoms with E-state index in [1.54, 1.807) is 11.8 Å². The van der Waals surface area contributed by atoms with Crippen LogP contribution in [0.2, 0.25) is 0 Å². The van der Waals surface area contributed by atoms with Crippen LogP contribution < -0.4 is 5.32 Å². The van der Waals surface area contributed by atoms with E-state index in [4.69, 9.17) is 0 Å². The first kappa shape index (κ1) is 12.8. The number of thioether (sulfide) groups is 1. The molecule has 0 spiro atoms. The van der Waals surface area contributed by atoms with Gasteiger partial charge in [0.2, 0.25) is 0 Å². The number of rotatable bonds is 2. The molecule has 0 saturated carbocycles. The van der Waals surface area contributed by atoms with Crippen molar-refractivity contribution in [3.8, 4) is 0 Å². The maximum Gasteiger partial charge on any atom is 0.131 e. The maximum absolute atomic E-state index is 13.9. The summed E-state index contributed by atoms with van der Waals surface area (Å²) in [5, 5.41) is 3.75. The second-order valence-electron chi connectivity index (χ2n) is 4.43. The van der Waals surface area contributed by atoms with Crippen molar-refractivity contribution >= 4 is 11.8 Å². The third-order valence-electron chi connectivity index (χ3n) is 3.07. The SMILES string of the molecule is CCNC1CC(C)SCc2cc(F)cc(F)c21. The molecule has 0 fully saturated rings. The molecule has 1 aromatic rings. The largest absolute Gasteiger partial charge is 0.310 e. The highest BCUT2D eigenvalue weighted by molar-refractivity contribution is 7.99. The topological polar surface area (TPSA) is 12.0 Å². The zero-order valence-electron chi connectivity index (χ0n) is 10.1. The predicted octanol–water partition coefficient (Wildman–Crippen LogP) is 3.64. The summed E-state index contributed by atoms with van der Waals surface area (Å²) in [6.07, 6.45) is 0.883. The molecule has 0 aliphatic carbocycles. The summed E-state index contributed by atoms with van der Waals surface area (Å²) in [5.74, 6) is -0.208. The van der Waals surface area contributed by atoms with Crippen molar-refractivity contribution in [3.05, 3.63) is 34.9 Å². The van der Waals surface area contributed by atoms with Crippen LogP contribution in [0, 0.1) is 11.6 Å². The Morgan fingerprint density at radius 2 is 2.18 bits per heavy atom. The lowest BCUT2D eigenvalue weighted by atomic mass is 9.97. The number of hydrogen-bond acceptors (Lipinski definition) is 2. The van der Waals surface area contributed by atoms with E-state index in [1.165, 1.54) is 6.07 Å². The molecule has 94 valence electrons. The molecule has 0 aromatic heterocycles. The first-order valence-corrected chi connectivity index (χ1v) is 6.99. The quantitative estimate of drug-likeness (QED) is 0.868. The van der Waals surface area contributed by atoms with E-state index < -0.39 is 11.6 Å². The van der Waals surface area contributed by atoms with Gasteiger partial charge in [0.1, 0.15) is 11.6 Å². The van der Waals surface area contributed by atoms with Gasteiger partial charge < -0.3 is 5.32 Å². The smallest absolute Gasteiger partial charge is 0.131 e. The Morgan fingerprint density at radius 1 is 1.41 bits per heavy atom. The fourth-order valence-electron chi connectivity index (χ4n) is 2.33. The highest BCUT2D eigenvalue weighted by Crippen LogP contribution is 2.36. The standard InChI is InChI=1S/C13H17F2NS/c1-3-16-12-4-8(2)17-7-9-5-10(14)6-11(15)13(9)12/h5-6,8,12,16H,3-4,7H2,1-2H3. The molecule has 2 atom stereocenters. The predicted molar refractivity (Wildman–Crippen MR) is 68.1 cm³/mol. The van der Waals surface area contributed by atoms with Gasteiger partial charge in [-0.25, -0.2) is 8.78 Å². The number of benzene rings is 1. The monoisotopic (exact) mass is 257 g/mol. The van der Waals surface area contributed by atoms with Gasteiger partial charge in [-0.05, 0) is 24.6 Å². The van der Waals surface area contributed by atoms with Crippen LogP contribution in [-0.2, 0) is 5.75 Å². The fraction of sp³-hybridized carbons (Fsp3) is 0.538. The second kappa shape index (κ2) is 5.36. The molecule has 4 heteroatoms. The van der Waals surface area contributed by atoms with Gasteiger partial charge >= 0.3 is 0 Å². The van der Waals surface area contributed by atoms with E-state index in [2.05, 4.69) is 12.2 Å².